The highest BCUT2D eigenvalue weighted by Gasteiger charge is 2.53. The van der Waals surface area contributed by atoms with E-state index in [1.165, 1.54) is 167 Å². The number of nitrogens with zero attached hydrogens (tertiary/aromatic N) is 3. The first-order valence-electron chi connectivity index (χ1n) is 27.1. The zero-order valence-electron chi connectivity index (χ0n) is 40.9. The third-order valence-electron chi connectivity index (χ3n) is 19.2. The van der Waals surface area contributed by atoms with Gasteiger partial charge >= 0.3 is 13.7 Å². The summed E-state index contributed by atoms with van der Waals surface area (Å²) in [6.45, 7) is 2.46. The molecule has 342 valence electrons. The molecule has 0 N–H and O–H groups in total. The fourth-order valence-corrected chi connectivity index (χ4v) is 16.7. The highest BCUT2D eigenvalue weighted by molar-refractivity contribution is 6.90. The first-order valence-corrected chi connectivity index (χ1v) is 27.1. The van der Waals surface area contributed by atoms with Crippen LogP contribution >= 0.6 is 0 Å². The van der Waals surface area contributed by atoms with Gasteiger partial charge in [-0.2, -0.15) is 0 Å². The maximum absolute atomic E-state index is 2.86. The van der Waals surface area contributed by atoms with Gasteiger partial charge in [0.25, 0.3) is 0 Å². The van der Waals surface area contributed by atoms with E-state index in [2.05, 4.69) is 203 Å². The van der Waals surface area contributed by atoms with E-state index in [0.717, 1.165) is 12.8 Å². The molecule has 2 aliphatic carbocycles. The average molecular weight is 922 g/mol. The average Bonchev–Trinajstić information content (AvgIpc) is 3.97. The molecule has 4 aliphatic heterocycles. The summed E-state index contributed by atoms with van der Waals surface area (Å²) < 4.78 is 5.72. The maximum atomic E-state index is 2.86. The number of fused-ring (bicyclic) bond motifs is 20. The third-order valence-corrected chi connectivity index (χ3v) is 19.2. The molecule has 3 nitrogen and oxygen atoms in total. The van der Waals surface area contributed by atoms with Crippen molar-refractivity contribution >= 4 is 96.2 Å². The Hall–Kier alpha value is -7.49. The summed E-state index contributed by atoms with van der Waals surface area (Å²) in [5.41, 5.74) is 28.3. The molecule has 11 aromatic rings. The molecule has 6 heterocycles. The molecule has 6 aliphatic rings. The first-order chi connectivity index (χ1) is 35.6. The number of rotatable bonds is 3. The first kappa shape index (κ1) is 40.1. The van der Waals surface area contributed by atoms with Crippen molar-refractivity contribution < 1.29 is 0 Å². The predicted octanol–water partition coefficient (Wildman–Crippen LogP) is 14.1. The standard InChI is InChI=1S/C67H53B2N3/c1-42-38-48-60-58-46-26-10-16-32-56(46)72-65(58)61(59-47-27-11-17-33-57(47)71(64(59)60)68-54-30-14-12-28-50(54)66(34-18-4-19-35-66)52(39-42)62(48)68)49-40-45(70(43-22-6-2-7-23-43)44-24-8-3-9-25-44)41-53-63(49)69(72)55-31-15-13-29-51(55)67(53)36-20-5-21-37-67/h2-3,6-17,22-33,38-41H,4-5,18-21,34-37H2,1H3. The summed E-state index contributed by atoms with van der Waals surface area (Å²) in [6.07, 6.45) is 12.4. The van der Waals surface area contributed by atoms with Crippen molar-refractivity contribution in [3.05, 3.63) is 210 Å². The topological polar surface area (TPSA) is 13.1 Å². The zero-order chi connectivity index (χ0) is 47.0. The van der Waals surface area contributed by atoms with E-state index in [-0.39, 0.29) is 24.5 Å². The van der Waals surface area contributed by atoms with Crippen LogP contribution < -0.4 is 26.8 Å². The fraction of sp³-hybridized carbons (Fsp3) is 0.194. The molecule has 0 unspecified atom stereocenters. The van der Waals surface area contributed by atoms with Crippen LogP contribution in [0.4, 0.5) is 17.1 Å². The minimum atomic E-state index is -0.101. The van der Waals surface area contributed by atoms with Gasteiger partial charge in [0.05, 0.1) is 0 Å². The highest BCUT2D eigenvalue weighted by Crippen LogP contribution is 2.58. The molecular formula is C67H53B2N3. The van der Waals surface area contributed by atoms with E-state index < -0.39 is 0 Å². The molecule has 2 saturated carbocycles. The number of benzene rings is 9. The summed E-state index contributed by atoms with van der Waals surface area (Å²) in [7, 11) is 0. The van der Waals surface area contributed by atoms with Gasteiger partial charge in [-0.15, -0.1) is 0 Å². The second-order valence-corrected chi connectivity index (χ2v) is 22.5. The Morgan fingerprint density at radius 3 is 1.35 bits per heavy atom. The maximum Gasteiger partial charge on any atom is 0.329 e. The summed E-state index contributed by atoms with van der Waals surface area (Å²) in [4.78, 5) is 2.54. The van der Waals surface area contributed by atoms with Gasteiger partial charge in [-0.3, -0.25) is 0 Å². The quantitative estimate of drug-likeness (QED) is 0.161. The summed E-state index contributed by atoms with van der Waals surface area (Å²) in [6, 6.07) is 71.3. The van der Waals surface area contributed by atoms with E-state index in [4.69, 9.17) is 0 Å². The molecule has 9 aromatic carbocycles. The highest BCUT2D eigenvalue weighted by atomic mass is 15.1. The Labute approximate surface area is 421 Å². The molecule has 5 heteroatoms. The van der Waals surface area contributed by atoms with Crippen molar-refractivity contribution in [2.45, 2.75) is 82.0 Å². The van der Waals surface area contributed by atoms with E-state index in [1.54, 1.807) is 16.6 Å². The molecule has 2 spiro atoms. The number of hydrogen-bond acceptors (Lipinski definition) is 1. The molecule has 0 atom stereocenters. The van der Waals surface area contributed by atoms with Gasteiger partial charge in [0, 0.05) is 82.6 Å². The smallest absolute Gasteiger partial charge is 0.329 e. The largest absolute Gasteiger partial charge is 0.375 e. The molecule has 2 aromatic heterocycles. The van der Waals surface area contributed by atoms with E-state index in [9.17, 15) is 0 Å². The monoisotopic (exact) mass is 921 g/mol. The van der Waals surface area contributed by atoms with Crippen molar-refractivity contribution in [3.8, 4) is 22.3 Å². The Bertz CT molecular complexity index is 4100. The van der Waals surface area contributed by atoms with Gasteiger partial charge in [0.1, 0.15) is 0 Å². The second-order valence-electron chi connectivity index (χ2n) is 22.5. The van der Waals surface area contributed by atoms with Crippen molar-refractivity contribution in [2.24, 2.45) is 0 Å². The summed E-state index contributed by atoms with van der Waals surface area (Å²) >= 11 is 0. The van der Waals surface area contributed by atoms with Gasteiger partial charge in [-0.05, 0) is 136 Å². The number of para-hydroxylation sites is 4. The van der Waals surface area contributed by atoms with Crippen LogP contribution in [-0.4, -0.2) is 22.7 Å². The van der Waals surface area contributed by atoms with E-state index in [0.29, 0.717) is 0 Å². The lowest BCUT2D eigenvalue weighted by atomic mass is 9.37. The van der Waals surface area contributed by atoms with Crippen LogP contribution in [0.15, 0.2) is 182 Å². The van der Waals surface area contributed by atoms with Crippen LogP contribution in [0.25, 0.3) is 65.9 Å². The Morgan fingerprint density at radius 1 is 0.403 bits per heavy atom. The third kappa shape index (κ3) is 4.86. The molecule has 2 fully saturated rings. The van der Waals surface area contributed by atoms with Crippen LogP contribution in [0.2, 0.25) is 0 Å². The summed E-state index contributed by atoms with van der Waals surface area (Å²) in [5.74, 6) is 0. The van der Waals surface area contributed by atoms with E-state index >= 15 is 0 Å². The lowest BCUT2D eigenvalue weighted by Crippen LogP contribution is -2.61. The van der Waals surface area contributed by atoms with Crippen LogP contribution in [0, 0.1) is 6.92 Å². The Morgan fingerprint density at radius 2 is 0.833 bits per heavy atom. The molecular weight excluding hydrogens is 868 g/mol. The molecule has 0 amide bonds. The lowest BCUT2D eigenvalue weighted by molar-refractivity contribution is 0.347. The lowest BCUT2D eigenvalue weighted by Gasteiger charge is -2.48. The van der Waals surface area contributed by atoms with Crippen molar-refractivity contribution in [2.75, 3.05) is 4.90 Å². The molecule has 72 heavy (non-hydrogen) atoms. The number of aryl methyl sites for hydroxylation is 1. The number of anilines is 3. The SMILES string of the molecule is Cc1cc2c3c(c1)C1(CCCCC1)c1ccccc1B3n1c3ccccc3c3c4c5c(c-2c31)c1ccccc1n5B1c2ccccc2C2(CCCCC2)c2cc(N(c3ccccc3)c3ccccc3)cc-4c21. The van der Waals surface area contributed by atoms with Crippen molar-refractivity contribution in [1.29, 1.82) is 0 Å². The van der Waals surface area contributed by atoms with Gasteiger partial charge in [0.2, 0.25) is 0 Å². The van der Waals surface area contributed by atoms with Crippen LogP contribution in [0.5, 0.6) is 0 Å². The van der Waals surface area contributed by atoms with Gasteiger partial charge in [0.15, 0.2) is 0 Å². The Kier molecular flexibility index (Phi) is 8.00. The second kappa shape index (κ2) is 14.3. The predicted molar refractivity (Wildman–Crippen MR) is 304 cm³/mol. The van der Waals surface area contributed by atoms with Gasteiger partial charge in [-0.1, -0.05) is 178 Å². The van der Waals surface area contributed by atoms with Gasteiger partial charge in [-0.25, -0.2) is 0 Å². The molecule has 0 saturated heterocycles. The minimum Gasteiger partial charge on any atom is -0.375 e. The zero-order valence-corrected chi connectivity index (χ0v) is 40.9. The van der Waals surface area contributed by atoms with Crippen LogP contribution in [0.3, 0.4) is 0 Å². The van der Waals surface area contributed by atoms with E-state index in [1.807, 2.05) is 0 Å². The molecule has 0 radical (unpaired) electrons. The normalized spacial score (nSPS) is 17.1. The molecule has 17 rings (SSSR count). The summed E-state index contributed by atoms with van der Waals surface area (Å²) in [5, 5.41) is 5.53. The molecule has 0 bridgehead atoms. The van der Waals surface area contributed by atoms with Crippen molar-refractivity contribution in [3.63, 3.8) is 0 Å². The van der Waals surface area contributed by atoms with Gasteiger partial charge < -0.3 is 13.9 Å². The number of hydrogen-bond donors (Lipinski definition) is 0. The van der Waals surface area contributed by atoms with Crippen LogP contribution in [-0.2, 0) is 10.8 Å². The Balaban J connectivity index is 1.11. The fourth-order valence-electron chi connectivity index (χ4n) is 16.7. The van der Waals surface area contributed by atoms with Crippen molar-refractivity contribution in [1.82, 2.24) is 8.96 Å². The minimum absolute atomic E-state index is 0.00945. The van der Waals surface area contributed by atoms with Crippen LogP contribution in [0.1, 0.15) is 92.0 Å². The number of aromatic nitrogens is 2.